The van der Waals surface area contributed by atoms with E-state index in [2.05, 4.69) is 16.6 Å². The SMILES string of the molecule is C#CCNCC(=O)Nc1cc([N+](=O)[O-])ccc1Cl. The normalized spacial score (nSPS) is 9.56. The lowest BCUT2D eigenvalue weighted by molar-refractivity contribution is -0.384. The number of carbonyl (C=O) groups excluding carboxylic acids is 1. The second kappa shape index (κ2) is 6.59. The first kappa shape index (κ1) is 14.0. The van der Waals surface area contributed by atoms with Crippen LogP contribution in [0.5, 0.6) is 0 Å². The predicted molar refractivity (Wildman–Crippen MR) is 68.4 cm³/mol. The van der Waals surface area contributed by atoms with Gasteiger partial charge in [-0.2, -0.15) is 0 Å². The molecule has 6 nitrogen and oxygen atoms in total. The van der Waals surface area contributed by atoms with Crippen LogP contribution >= 0.6 is 11.6 Å². The molecular formula is C11H10ClN3O3. The zero-order chi connectivity index (χ0) is 13.5. The van der Waals surface area contributed by atoms with Gasteiger partial charge in [0.1, 0.15) is 0 Å². The molecule has 7 heteroatoms. The van der Waals surface area contributed by atoms with E-state index in [4.69, 9.17) is 18.0 Å². The van der Waals surface area contributed by atoms with Crippen molar-refractivity contribution in [3.8, 4) is 12.3 Å². The molecule has 0 heterocycles. The molecule has 0 bridgehead atoms. The fourth-order valence-corrected chi connectivity index (χ4v) is 1.33. The van der Waals surface area contributed by atoms with E-state index in [0.29, 0.717) is 0 Å². The number of halogens is 1. The molecule has 1 rings (SSSR count). The van der Waals surface area contributed by atoms with E-state index >= 15 is 0 Å². The highest BCUT2D eigenvalue weighted by Crippen LogP contribution is 2.26. The van der Waals surface area contributed by atoms with Crippen molar-refractivity contribution in [2.75, 3.05) is 18.4 Å². The third-order valence-electron chi connectivity index (χ3n) is 1.95. The summed E-state index contributed by atoms with van der Waals surface area (Å²) in [5.41, 5.74) is 0.0460. The van der Waals surface area contributed by atoms with Crippen LogP contribution in [0.1, 0.15) is 0 Å². The summed E-state index contributed by atoms with van der Waals surface area (Å²) in [5, 5.41) is 15.9. The molecule has 0 aliphatic heterocycles. The molecule has 0 unspecified atom stereocenters. The van der Waals surface area contributed by atoms with Gasteiger partial charge in [0.2, 0.25) is 5.91 Å². The molecule has 1 aromatic rings. The second-order valence-electron chi connectivity index (χ2n) is 3.28. The van der Waals surface area contributed by atoms with Gasteiger partial charge in [0.25, 0.3) is 5.69 Å². The van der Waals surface area contributed by atoms with Crippen molar-refractivity contribution in [2.45, 2.75) is 0 Å². The van der Waals surface area contributed by atoms with Crippen molar-refractivity contribution in [1.82, 2.24) is 5.32 Å². The third-order valence-corrected chi connectivity index (χ3v) is 2.28. The van der Waals surface area contributed by atoms with Crippen LogP contribution in [0.15, 0.2) is 18.2 Å². The highest BCUT2D eigenvalue weighted by atomic mass is 35.5. The molecule has 94 valence electrons. The number of rotatable bonds is 5. The van der Waals surface area contributed by atoms with Crippen molar-refractivity contribution in [1.29, 1.82) is 0 Å². The minimum absolute atomic E-state index is 0.00320. The number of benzene rings is 1. The summed E-state index contributed by atoms with van der Waals surface area (Å²) in [7, 11) is 0. The van der Waals surface area contributed by atoms with E-state index in [1.807, 2.05) is 0 Å². The monoisotopic (exact) mass is 267 g/mol. The van der Waals surface area contributed by atoms with Crippen LogP contribution in [-0.2, 0) is 4.79 Å². The summed E-state index contributed by atoms with van der Waals surface area (Å²) in [5.74, 6) is 1.93. The summed E-state index contributed by atoms with van der Waals surface area (Å²) < 4.78 is 0. The Labute approximate surface area is 108 Å². The lowest BCUT2D eigenvalue weighted by atomic mass is 10.3. The van der Waals surface area contributed by atoms with Gasteiger partial charge in [-0.3, -0.25) is 20.2 Å². The van der Waals surface area contributed by atoms with Crippen molar-refractivity contribution < 1.29 is 9.72 Å². The number of terminal acetylenes is 1. The van der Waals surface area contributed by atoms with Gasteiger partial charge in [0.15, 0.2) is 0 Å². The van der Waals surface area contributed by atoms with Crippen LogP contribution in [0.2, 0.25) is 5.02 Å². The lowest BCUT2D eigenvalue weighted by Gasteiger charge is -2.07. The molecule has 0 radical (unpaired) electrons. The Morgan fingerprint density at radius 1 is 1.56 bits per heavy atom. The highest BCUT2D eigenvalue weighted by molar-refractivity contribution is 6.33. The fraction of sp³-hybridized carbons (Fsp3) is 0.182. The van der Waals surface area contributed by atoms with Gasteiger partial charge in [0, 0.05) is 12.1 Å². The van der Waals surface area contributed by atoms with E-state index < -0.39 is 4.92 Å². The average molecular weight is 268 g/mol. The third kappa shape index (κ3) is 4.05. The summed E-state index contributed by atoms with van der Waals surface area (Å²) in [6, 6.07) is 3.81. The molecule has 0 saturated carbocycles. The molecule has 0 aliphatic rings. The number of non-ortho nitro benzene ring substituents is 1. The number of nitrogens with zero attached hydrogens (tertiary/aromatic N) is 1. The Morgan fingerprint density at radius 3 is 2.89 bits per heavy atom. The maximum Gasteiger partial charge on any atom is 0.271 e. The quantitative estimate of drug-likeness (QED) is 0.366. The first-order valence-electron chi connectivity index (χ1n) is 4.92. The van der Waals surface area contributed by atoms with E-state index in [1.165, 1.54) is 18.2 Å². The van der Waals surface area contributed by atoms with E-state index in [0.717, 1.165) is 0 Å². The molecule has 0 saturated heterocycles. The molecule has 1 amide bonds. The number of nitro groups is 1. The Hall–Kier alpha value is -2.10. The minimum atomic E-state index is -0.567. The van der Waals surface area contributed by atoms with Gasteiger partial charge in [-0.15, -0.1) is 6.42 Å². The summed E-state index contributed by atoms with van der Waals surface area (Å²) in [4.78, 5) is 21.5. The molecule has 1 aromatic carbocycles. The average Bonchev–Trinajstić information content (AvgIpc) is 2.32. The van der Waals surface area contributed by atoms with Crippen molar-refractivity contribution in [3.63, 3.8) is 0 Å². The maximum absolute atomic E-state index is 11.4. The van der Waals surface area contributed by atoms with Crippen LogP contribution in [0.4, 0.5) is 11.4 Å². The van der Waals surface area contributed by atoms with Crippen LogP contribution in [-0.4, -0.2) is 23.9 Å². The minimum Gasteiger partial charge on any atom is -0.323 e. The summed E-state index contributed by atoms with van der Waals surface area (Å²) in [6.45, 7) is 0.263. The highest BCUT2D eigenvalue weighted by Gasteiger charge is 2.11. The second-order valence-corrected chi connectivity index (χ2v) is 3.68. The molecular weight excluding hydrogens is 258 g/mol. The first-order valence-corrected chi connectivity index (χ1v) is 5.30. The van der Waals surface area contributed by atoms with E-state index in [-0.39, 0.29) is 35.4 Å². The molecule has 0 fully saturated rings. The Balaban J connectivity index is 2.72. The predicted octanol–water partition coefficient (Wildman–Crippen LogP) is 1.41. The van der Waals surface area contributed by atoms with E-state index in [1.54, 1.807) is 0 Å². The number of nitro benzene ring substituents is 1. The smallest absolute Gasteiger partial charge is 0.271 e. The Bertz CT molecular complexity index is 511. The van der Waals surface area contributed by atoms with Gasteiger partial charge in [0.05, 0.1) is 28.7 Å². The van der Waals surface area contributed by atoms with Crippen LogP contribution in [0.3, 0.4) is 0 Å². The molecule has 18 heavy (non-hydrogen) atoms. The van der Waals surface area contributed by atoms with Crippen molar-refractivity contribution in [2.24, 2.45) is 0 Å². The number of carbonyl (C=O) groups is 1. The van der Waals surface area contributed by atoms with E-state index in [9.17, 15) is 14.9 Å². The molecule has 0 atom stereocenters. The van der Waals surface area contributed by atoms with Gasteiger partial charge in [-0.1, -0.05) is 17.5 Å². The lowest BCUT2D eigenvalue weighted by Crippen LogP contribution is -2.28. The number of hydrogen-bond acceptors (Lipinski definition) is 4. The zero-order valence-corrected chi connectivity index (χ0v) is 10.0. The summed E-state index contributed by atoms with van der Waals surface area (Å²) >= 11 is 5.82. The standard InChI is InChI=1S/C11H10ClN3O3/c1-2-5-13-7-11(16)14-10-6-8(15(17)18)3-4-9(10)12/h1,3-4,6,13H,5,7H2,(H,14,16). The van der Waals surface area contributed by atoms with Gasteiger partial charge >= 0.3 is 0 Å². The topological polar surface area (TPSA) is 84.3 Å². The number of amides is 1. The molecule has 0 spiro atoms. The van der Waals surface area contributed by atoms with Gasteiger partial charge < -0.3 is 5.32 Å². The largest absolute Gasteiger partial charge is 0.323 e. The van der Waals surface area contributed by atoms with Crippen LogP contribution in [0, 0.1) is 22.5 Å². The first-order chi connectivity index (χ1) is 8.54. The Kier molecular flexibility index (Phi) is 5.11. The van der Waals surface area contributed by atoms with Crippen molar-refractivity contribution >= 4 is 28.9 Å². The number of nitrogens with one attached hydrogen (secondary N) is 2. The Morgan fingerprint density at radius 2 is 2.28 bits per heavy atom. The molecule has 0 aliphatic carbocycles. The maximum atomic E-state index is 11.4. The van der Waals surface area contributed by atoms with Gasteiger partial charge in [-0.05, 0) is 6.07 Å². The zero-order valence-electron chi connectivity index (χ0n) is 9.27. The van der Waals surface area contributed by atoms with Gasteiger partial charge in [-0.25, -0.2) is 0 Å². The number of anilines is 1. The fourth-order valence-electron chi connectivity index (χ4n) is 1.17. The number of hydrogen-bond donors (Lipinski definition) is 2. The summed E-state index contributed by atoms with van der Waals surface area (Å²) in [6.07, 6.45) is 5.00. The van der Waals surface area contributed by atoms with Crippen LogP contribution < -0.4 is 10.6 Å². The van der Waals surface area contributed by atoms with Crippen LogP contribution in [0.25, 0.3) is 0 Å². The van der Waals surface area contributed by atoms with Crippen molar-refractivity contribution in [3.05, 3.63) is 33.3 Å². The molecule has 2 N–H and O–H groups in total. The molecule has 0 aromatic heterocycles.